The van der Waals surface area contributed by atoms with Gasteiger partial charge in [-0.25, -0.2) is 14.8 Å². The average Bonchev–Trinajstić information content (AvgIpc) is 2.26. The predicted octanol–water partition coefficient (Wildman–Crippen LogP) is 2.55. The maximum Gasteiger partial charge on any atom is 0.325 e. The largest absolute Gasteiger partial charge is 0.325 e. The van der Waals surface area contributed by atoms with E-state index in [0.29, 0.717) is 0 Å². The molecule has 0 aliphatic rings. The van der Waals surface area contributed by atoms with Crippen LogP contribution in [0.25, 0.3) is 0 Å². The number of rotatable bonds is 2. The Morgan fingerprint density at radius 3 is 2.41 bits per heavy atom. The molecule has 5 heteroatoms. The summed E-state index contributed by atoms with van der Waals surface area (Å²) in [6.07, 6.45) is 4.83. The van der Waals surface area contributed by atoms with E-state index in [1.807, 2.05) is 6.92 Å². The Morgan fingerprint density at radius 2 is 1.88 bits per heavy atom. The summed E-state index contributed by atoms with van der Waals surface area (Å²) in [6.45, 7) is 8.22. The minimum Gasteiger partial charge on any atom is -0.314 e. The molecule has 0 aliphatic carbocycles. The Kier molecular flexibility index (Phi) is 4.20. The lowest BCUT2D eigenvalue weighted by Crippen LogP contribution is -2.26. The van der Waals surface area contributed by atoms with E-state index in [-0.39, 0.29) is 17.4 Å². The molecular formula is C12H18N4O. The van der Waals surface area contributed by atoms with Crippen molar-refractivity contribution in [2.45, 2.75) is 27.7 Å². The van der Waals surface area contributed by atoms with E-state index in [1.54, 1.807) is 24.7 Å². The van der Waals surface area contributed by atoms with Crippen molar-refractivity contribution < 1.29 is 4.79 Å². The number of urea groups is 1. The fourth-order valence-electron chi connectivity index (χ4n) is 0.892. The number of carbonyl (C=O) groups is 1. The first-order valence-electron chi connectivity index (χ1n) is 5.41. The first-order chi connectivity index (χ1) is 7.89. The average molecular weight is 234 g/mol. The minimum absolute atomic E-state index is 0.0382. The van der Waals surface area contributed by atoms with Gasteiger partial charge in [0.15, 0.2) is 0 Å². The number of amides is 2. The number of nitrogens with one attached hydrogen (secondary N) is 2. The van der Waals surface area contributed by atoms with Crippen LogP contribution in [0.1, 0.15) is 27.7 Å². The summed E-state index contributed by atoms with van der Waals surface area (Å²) in [5.41, 5.74) is 1.12. The van der Waals surface area contributed by atoms with Gasteiger partial charge in [0.1, 0.15) is 0 Å². The van der Waals surface area contributed by atoms with E-state index in [1.165, 1.54) is 0 Å². The van der Waals surface area contributed by atoms with Crippen molar-refractivity contribution in [1.29, 1.82) is 0 Å². The van der Waals surface area contributed by atoms with E-state index in [9.17, 15) is 4.79 Å². The molecular weight excluding hydrogens is 216 g/mol. The second-order valence-corrected chi connectivity index (χ2v) is 4.75. The van der Waals surface area contributed by atoms with E-state index in [2.05, 4.69) is 41.4 Å². The summed E-state index contributed by atoms with van der Waals surface area (Å²) >= 11 is 0. The van der Waals surface area contributed by atoms with Crippen molar-refractivity contribution in [2.24, 2.45) is 5.41 Å². The molecule has 0 radical (unpaired) electrons. The third-order valence-electron chi connectivity index (χ3n) is 2.39. The zero-order valence-corrected chi connectivity index (χ0v) is 10.6. The number of nitrogens with zero attached hydrogens (tertiary/aromatic N) is 2. The number of hydrogen-bond donors (Lipinski definition) is 2. The second-order valence-electron chi connectivity index (χ2n) is 4.75. The molecule has 0 aromatic carbocycles. The number of aromatic nitrogens is 2. The van der Waals surface area contributed by atoms with Gasteiger partial charge >= 0.3 is 6.03 Å². The van der Waals surface area contributed by atoms with Crippen LogP contribution in [-0.4, -0.2) is 16.0 Å². The highest BCUT2D eigenvalue weighted by atomic mass is 16.2. The first-order valence-corrected chi connectivity index (χ1v) is 5.41. The fraction of sp³-hybridized carbons (Fsp3) is 0.417. The molecule has 2 amide bonds. The molecule has 0 spiro atoms. The van der Waals surface area contributed by atoms with Crippen molar-refractivity contribution in [3.05, 3.63) is 30.2 Å². The molecule has 92 valence electrons. The molecule has 0 fully saturated rings. The maximum atomic E-state index is 11.5. The van der Waals surface area contributed by atoms with Crippen LogP contribution in [0.2, 0.25) is 0 Å². The number of carbonyl (C=O) groups excluding carboxylic acids is 1. The quantitative estimate of drug-likeness (QED) is 0.826. The summed E-state index contributed by atoms with van der Waals surface area (Å²) in [5.74, 6) is 0.284. The highest BCUT2D eigenvalue weighted by Gasteiger charge is 2.12. The first kappa shape index (κ1) is 13.2. The van der Waals surface area contributed by atoms with Crippen molar-refractivity contribution in [3.8, 4) is 0 Å². The molecule has 0 unspecified atom stereocenters. The van der Waals surface area contributed by atoms with Gasteiger partial charge < -0.3 is 5.32 Å². The Hall–Kier alpha value is -1.91. The summed E-state index contributed by atoms with van der Waals surface area (Å²) in [7, 11) is 0. The van der Waals surface area contributed by atoms with Gasteiger partial charge in [0, 0.05) is 18.6 Å². The van der Waals surface area contributed by atoms with E-state index >= 15 is 0 Å². The van der Waals surface area contributed by atoms with Gasteiger partial charge in [-0.05, 0) is 18.4 Å². The van der Waals surface area contributed by atoms with Crippen LogP contribution in [0.3, 0.4) is 0 Å². The highest BCUT2D eigenvalue weighted by Crippen LogP contribution is 2.23. The summed E-state index contributed by atoms with van der Waals surface area (Å²) < 4.78 is 0. The van der Waals surface area contributed by atoms with Crippen molar-refractivity contribution in [2.75, 3.05) is 5.32 Å². The molecule has 0 aliphatic heterocycles. The van der Waals surface area contributed by atoms with Gasteiger partial charge in [-0.3, -0.25) is 5.32 Å². The summed E-state index contributed by atoms with van der Waals surface area (Å²) in [4.78, 5) is 19.3. The monoisotopic (exact) mass is 234 g/mol. The van der Waals surface area contributed by atoms with Crippen LogP contribution in [-0.2, 0) is 0 Å². The highest BCUT2D eigenvalue weighted by molar-refractivity contribution is 5.87. The lowest BCUT2D eigenvalue weighted by atomic mass is 9.88. The van der Waals surface area contributed by atoms with Crippen LogP contribution in [0, 0.1) is 5.41 Å². The number of anilines is 1. The lowest BCUT2D eigenvalue weighted by molar-refractivity contribution is 0.254. The molecule has 5 nitrogen and oxygen atoms in total. The van der Waals surface area contributed by atoms with Crippen molar-refractivity contribution in [3.63, 3.8) is 0 Å². The predicted molar refractivity (Wildman–Crippen MR) is 67.4 cm³/mol. The summed E-state index contributed by atoms with van der Waals surface area (Å²) in [6, 6.07) is 1.34. The molecule has 1 rings (SSSR count). The lowest BCUT2D eigenvalue weighted by Gasteiger charge is -2.19. The van der Waals surface area contributed by atoms with Crippen LogP contribution in [0.4, 0.5) is 10.7 Å². The van der Waals surface area contributed by atoms with E-state index in [4.69, 9.17) is 0 Å². The fourth-order valence-corrected chi connectivity index (χ4v) is 0.892. The van der Waals surface area contributed by atoms with Gasteiger partial charge in [0.25, 0.3) is 0 Å². The zero-order chi connectivity index (χ0) is 12.9. The molecule has 1 aromatic heterocycles. The SMILES string of the molecule is C/C(=C\NC(=O)Nc1ncccn1)C(C)(C)C. The molecule has 0 atom stereocenters. The molecule has 2 N–H and O–H groups in total. The normalized spacial score (nSPS) is 12.1. The number of allylic oxidation sites excluding steroid dienone is 1. The van der Waals surface area contributed by atoms with E-state index in [0.717, 1.165) is 5.57 Å². The Balaban J connectivity index is 2.52. The molecule has 0 saturated heterocycles. The van der Waals surface area contributed by atoms with Crippen molar-refractivity contribution in [1.82, 2.24) is 15.3 Å². The maximum absolute atomic E-state index is 11.5. The van der Waals surface area contributed by atoms with E-state index < -0.39 is 0 Å². The Labute approximate surface area is 101 Å². The molecule has 17 heavy (non-hydrogen) atoms. The van der Waals surface area contributed by atoms with Gasteiger partial charge in [-0.2, -0.15) is 0 Å². The Morgan fingerprint density at radius 1 is 1.29 bits per heavy atom. The van der Waals surface area contributed by atoms with Crippen LogP contribution in [0.5, 0.6) is 0 Å². The van der Waals surface area contributed by atoms with Crippen molar-refractivity contribution >= 4 is 12.0 Å². The minimum atomic E-state index is -0.347. The second kappa shape index (κ2) is 5.43. The smallest absolute Gasteiger partial charge is 0.314 e. The van der Waals surface area contributed by atoms with Crippen LogP contribution < -0.4 is 10.6 Å². The zero-order valence-electron chi connectivity index (χ0n) is 10.6. The van der Waals surface area contributed by atoms with Gasteiger partial charge in [0.05, 0.1) is 0 Å². The molecule has 0 bridgehead atoms. The van der Waals surface area contributed by atoms with Gasteiger partial charge in [-0.15, -0.1) is 0 Å². The summed E-state index contributed by atoms with van der Waals surface area (Å²) in [5, 5.41) is 5.18. The third kappa shape index (κ3) is 4.63. The van der Waals surface area contributed by atoms with Gasteiger partial charge in [0.2, 0.25) is 5.95 Å². The topological polar surface area (TPSA) is 66.9 Å². The van der Waals surface area contributed by atoms with Crippen LogP contribution in [0.15, 0.2) is 30.2 Å². The molecule has 0 saturated carbocycles. The number of hydrogen-bond acceptors (Lipinski definition) is 3. The third-order valence-corrected chi connectivity index (χ3v) is 2.39. The molecule has 1 heterocycles. The standard InChI is InChI=1S/C12H18N4O/c1-9(12(2,3)4)8-15-11(17)16-10-13-6-5-7-14-10/h5-8H,1-4H3,(H2,13,14,15,16,17)/b9-8+. The Bertz CT molecular complexity index is 406. The molecule has 1 aromatic rings. The van der Waals surface area contributed by atoms with Crippen LogP contribution >= 0.6 is 0 Å². The van der Waals surface area contributed by atoms with Gasteiger partial charge in [-0.1, -0.05) is 26.3 Å².